The Labute approximate surface area is 108 Å². The van der Waals surface area contributed by atoms with E-state index < -0.39 is 5.97 Å². The van der Waals surface area contributed by atoms with Gasteiger partial charge in [-0.1, -0.05) is 12.1 Å². The van der Waals surface area contributed by atoms with Gasteiger partial charge < -0.3 is 15.2 Å². The van der Waals surface area contributed by atoms with Crippen molar-refractivity contribution in [1.82, 2.24) is 9.97 Å². The standard InChI is InChI=1S/C14H10N2O3/c17-10-5-6-11-12(7-10)16-13(15-11)8-1-3-9(4-2-8)14(18)19/h1-7,17H,(H,15,16)(H,18,19). The summed E-state index contributed by atoms with van der Waals surface area (Å²) < 4.78 is 0. The second-order valence-electron chi connectivity index (χ2n) is 4.17. The van der Waals surface area contributed by atoms with Crippen LogP contribution >= 0.6 is 0 Å². The molecule has 5 heteroatoms. The minimum Gasteiger partial charge on any atom is -0.508 e. The normalized spacial score (nSPS) is 10.7. The molecule has 0 atom stereocenters. The molecule has 0 aliphatic carbocycles. The molecule has 0 fully saturated rings. The fourth-order valence-electron chi connectivity index (χ4n) is 1.90. The van der Waals surface area contributed by atoms with Crippen LogP contribution in [0.5, 0.6) is 5.75 Å². The maximum atomic E-state index is 10.8. The third kappa shape index (κ3) is 2.01. The molecule has 0 radical (unpaired) electrons. The molecule has 1 aromatic heterocycles. The Morgan fingerprint density at radius 1 is 1.11 bits per heavy atom. The quantitative estimate of drug-likeness (QED) is 0.656. The van der Waals surface area contributed by atoms with Crippen LogP contribution in [0.3, 0.4) is 0 Å². The summed E-state index contributed by atoms with van der Waals surface area (Å²) in [7, 11) is 0. The van der Waals surface area contributed by atoms with E-state index in [-0.39, 0.29) is 11.3 Å². The molecule has 0 spiro atoms. The summed E-state index contributed by atoms with van der Waals surface area (Å²) in [5, 5.41) is 18.2. The molecule has 3 aromatic rings. The maximum absolute atomic E-state index is 10.8. The summed E-state index contributed by atoms with van der Waals surface area (Å²) in [6, 6.07) is 11.3. The van der Waals surface area contributed by atoms with E-state index >= 15 is 0 Å². The number of carbonyl (C=O) groups is 1. The molecule has 5 nitrogen and oxygen atoms in total. The van der Waals surface area contributed by atoms with E-state index in [0.29, 0.717) is 11.3 Å². The highest BCUT2D eigenvalue weighted by atomic mass is 16.4. The molecule has 3 rings (SSSR count). The predicted molar refractivity (Wildman–Crippen MR) is 70.2 cm³/mol. The van der Waals surface area contributed by atoms with Gasteiger partial charge in [-0.05, 0) is 24.3 Å². The zero-order valence-corrected chi connectivity index (χ0v) is 9.79. The number of phenolic OH excluding ortho intramolecular Hbond substituents is 1. The fourth-order valence-corrected chi connectivity index (χ4v) is 1.90. The Morgan fingerprint density at radius 2 is 1.84 bits per heavy atom. The van der Waals surface area contributed by atoms with E-state index in [1.54, 1.807) is 30.3 Å². The maximum Gasteiger partial charge on any atom is 0.335 e. The van der Waals surface area contributed by atoms with Crippen LogP contribution in [0.1, 0.15) is 10.4 Å². The summed E-state index contributed by atoms with van der Waals surface area (Å²) in [6.07, 6.45) is 0. The molecule has 3 N–H and O–H groups in total. The molecule has 0 aliphatic rings. The van der Waals surface area contributed by atoms with Crippen LogP contribution in [-0.2, 0) is 0 Å². The Hall–Kier alpha value is -2.82. The van der Waals surface area contributed by atoms with Crippen molar-refractivity contribution < 1.29 is 15.0 Å². The fraction of sp³-hybridized carbons (Fsp3) is 0. The monoisotopic (exact) mass is 254 g/mol. The Kier molecular flexibility index (Phi) is 2.45. The lowest BCUT2D eigenvalue weighted by Gasteiger charge is -1.97. The van der Waals surface area contributed by atoms with Crippen LogP contribution in [0.4, 0.5) is 0 Å². The largest absolute Gasteiger partial charge is 0.508 e. The van der Waals surface area contributed by atoms with Gasteiger partial charge in [-0.15, -0.1) is 0 Å². The zero-order valence-electron chi connectivity index (χ0n) is 9.79. The first-order valence-corrected chi connectivity index (χ1v) is 5.66. The predicted octanol–water partition coefficient (Wildman–Crippen LogP) is 2.63. The number of aromatic amines is 1. The average molecular weight is 254 g/mol. The molecule has 0 amide bonds. The molecule has 94 valence electrons. The number of nitrogens with zero attached hydrogens (tertiary/aromatic N) is 1. The van der Waals surface area contributed by atoms with Crippen LogP contribution in [0, 0.1) is 0 Å². The van der Waals surface area contributed by atoms with E-state index in [2.05, 4.69) is 9.97 Å². The number of benzene rings is 2. The average Bonchev–Trinajstić information content (AvgIpc) is 2.81. The number of aromatic nitrogens is 2. The summed E-state index contributed by atoms with van der Waals surface area (Å²) in [6.45, 7) is 0. The second kappa shape index (κ2) is 4.13. The highest BCUT2D eigenvalue weighted by Crippen LogP contribution is 2.23. The first kappa shape index (κ1) is 11.3. The number of nitrogens with one attached hydrogen (secondary N) is 1. The van der Waals surface area contributed by atoms with Gasteiger partial charge in [0.25, 0.3) is 0 Å². The second-order valence-corrected chi connectivity index (χ2v) is 4.17. The number of carboxylic acid groups (broad SMARTS) is 1. The van der Waals surface area contributed by atoms with Gasteiger partial charge in [0.2, 0.25) is 0 Å². The van der Waals surface area contributed by atoms with Crippen molar-refractivity contribution in [1.29, 1.82) is 0 Å². The van der Waals surface area contributed by atoms with Crippen molar-refractivity contribution in [3.8, 4) is 17.1 Å². The lowest BCUT2D eigenvalue weighted by atomic mass is 10.1. The molecule has 19 heavy (non-hydrogen) atoms. The summed E-state index contributed by atoms with van der Waals surface area (Å²) in [5.41, 5.74) is 2.51. The van der Waals surface area contributed by atoms with Crippen LogP contribution in [0.15, 0.2) is 42.5 Å². The topological polar surface area (TPSA) is 86.2 Å². The molecule has 0 unspecified atom stereocenters. The van der Waals surface area contributed by atoms with Crippen LogP contribution in [0.25, 0.3) is 22.4 Å². The van der Waals surface area contributed by atoms with Gasteiger partial charge in [-0.25, -0.2) is 9.78 Å². The Bertz CT molecular complexity index is 760. The number of hydrogen-bond donors (Lipinski definition) is 3. The van der Waals surface area contributed by atoms with Crippen LogP contribution in [-0.4, -0.2) is 26.2 Å². The molecule has 0 aliphatic heterocycles. The summed E-state index contributed by atoms with van der Waals surface area (Å²) in [5.74, 6) is -0.162. The lowest BCUT2D eigenvalue weighted by Crippen LogP contribution is -1.95. The Morgan fingerprint density at radius 3 is 2.53 bits per heavy atom. The third-order valence-electron chi connectivity index (χ3n) is 2.87. The zero-order chi connectivity index (χ0) is 13.4. The molecular weight excluding hydrogens is 244 g/mol. The molecule has 0 saturated heterocycles. The lowest BCUT2D eigenvalue weighted by molar-refractivity contribution is 0.0697. The van der Waals surface area contributed by atoms with Gasteiger partial charge in [-0.2, -0.15) is 0 Å². The van der Waals surface area contributed by atoms with Gasteiger partial charge in [0.1, 0.15) is 11.6 Å². The number of imidazole rings is 1. The summed E-state index contributed by atoms with van der Waals surface area (Å²) >= 11 is 0. The number of fused-ring (bicyclic) bond motifs is 1. The molecular formula is C14H10N2O3. The highest BCUT2D eigenvalue weighted by Gasteiger charge is 2.07. The molecule has 0 saturated carbocycles. The van der Waals surface area contributed by atoms with Crippen molar-refractivity contribution in [2.45, 2.75) is 0 Å². The van der Waals surface area contributed by atoms with Crippen molar-refractivity contribution >= 4 is 17.0 Å². The van der Waals surface area contributed by atoms with Gasteiger partial charge in [0.15, 0.2) is 0 Å². The molecule has 0 bridgehead atoms. The first-order valence-electron chi connectivity index (χ1n) is 5.66. The Balaban J connectivity index is 2.06. The minimum absolute atomic E-state index is 0.159. The highest BCUT2D eigenvalue weighted by molar-refractivity contribution is 5.88. The van der Waals surface area contributed by atoms with Gasteiger partial charge >= 0.3 is 5.97 Å². The number of phenols is 1. The van der Waals surface area contributed by atoms with Crippen LogP contribution < -0.4 is 0 Å². The molecule has 2 aromatic carbocycles. The van der Waals surface area contributed by atoms with Crippen molar-refractivity contribution in [2.24, 2.45) is 0 Å². The number of aromatic carboxylic acids is 1. The number of H-pyrrole nitrogens is 1. The summed E-state index contributed by atoms with van der Waals surface area (Å²) in [4.78, 5) is 18.2. The van der Waals surface area contributed by atoms with Crippen molar-refractivity contribution in [2.75, 3.05) is 0 Å². The minimum atomic E-state index is -0.957. The number of aromatic hydroxyl groups is 1. The number of carboxylic acids is 1. The van der Waals surface area contributed by atoms with Crippen LogP contribution in [0.2, 0.25) is 0 Å². The van der Waals surface area contributed by atoms with E-state index in [1.807, 2.05) is 0 Å². The van der Waals surface area contributed by atoms with Crippen molar-refractivity contribution in [3.05, 3.63) is 48.0 Å². The smallest absolute Gasteiger partial charge is 0.335 e. The first-order chi connectivity index (χ1) is 9.13. The van der Waals surface area contributed by atoms with Crippen molar-refractivity contribution in [3.63, 3.8) is 0 Å². The van der Waals surface area contributed by atoms with E-state index in [9.17, 15) is 9.90 Å². The van der Waals surface area contributed by atoms with E-state index in [1.165, 1.54) is 12.1 Å². The number of hydrogen-bond acceptors (Lipinski definition) is 3. The van der Waals surface area contributed by atoms with Gasteiger partial charge in [0.05, 0.1) is 16.6 Å². The number of rotatable bonds is 2. The van der Waals surface area contributed by atoms with E-state index in [0.717, 1.165) is 11.1 Å². The molecule has 1 heterocycles. The van der Waals surface area contributed by atoms with Gasteiger partial charge in [-0.3, -0.25) is 0 Å². The SMILES string of the molecule is O=C(O)c1ccc(-c2nc3cc(O)ccc3[nH]2)cc1. The van der Waals surface area contributed by atoms with E-state index in [4.69, 9.17) is 5.11 Å². The third-order valence-corrected chi connectivity index (χ3v) is 2.87. The van der Waals surface area contributed by atoms with Gasteiger partial charge in [0, 0.05) is 11.6 Å².